The number of hydrogen-bond donors (Lipinski definition) is 0. The summed E-state index contributed by atoms with van der Waals surface area (Å²) in [6, 6.07) is 0. The van der Waals surface area contributed by atoms with Gasteiger partial charge in [-0.2, -0.15) is 0 Å². The third kappa shape index (κ3) is 3.11. The minimum absolute atomic E-state index is 0. The van der Waals surface area contributed by atoms with Gasteiger partial charge in [0.1, 0.15) is 0 Å². The van der Waals surface area contributed by atoms with Crippen molar-refractivity contribution >= 4 is 0 Å². The van der Waals surface area contributed by atoms with E-state index in [-0.39, 0.29) is 24.8 Å². The Balaban J connectivity index is 0.000001000. The van der Waals surface area contributed by atoms with E-state index in [0.29, 0.717) is 10.8 Å². The molecule has 20 heavy (non-hydrogen) atoms. The first-order valence-corrected chi connectivity index (χ1v) is 9.43. The normalized spacial score (nSPS) is 24.6. The SMILES string of the molecule is CC1(C)CC(C)(C)C2=[C](CC=C2)[Zr+2][C]2=C1C=CC2.[Cl-].[Cl-]. The molecule has 108 valence electrons. The standard InChI is InChI=1S/C17H22.2ClH.Zr/c1-16(2,14-9-5-6-10-14)13-17(3,4)15-11-7-8-12-15;;;/h5,7,9,11H,6,8,13H2,1-4H3;2*1H;/q;;;+2/p-2. The monoisotopic (exact) mass is 386 g/mol. The van der Waals surface area contributed by atoms with Crippen LogP contribution in [0.25, 0.3) is 0 Å². The average Bonchev–Trinajstić information content (AvgIpc) is 2.84. The molecule has 0 aromatic rings. The minimum atomic E-state index is -0.507. The van der Waals surface area contributed by atoms with Crippen LogP contribution in [0.4, 0.5) is 0 Å². The van der Waals surface area contributed by atoms with Crippen molar-refractivity contribution in [3.63, 3.8) is 0 Å². The van der Waals surface area contributed by atoms with Crippen molar-refractivity contribution in [2.75, 3.05) is 0 Å². The molecule has 3 aliphatic rings. The first-order chi connectivity index (χ1) is 8.40. The zero-order valence-electron chi connectivity index (χ0n) is 12.7. The van der Waals surface area contributed by atoms with E-state index < -0.39 is 23.2 Å². The third-order valence-electron chi connectivity index (χ3n) is 4.51. The van der Waals surface area contributed by atoms with Crippen LogP contribution in [0.5, 0.6) is 0 Å². The van der Waals surface area contributed by atoms with Crippen molar-refractivity contribution in [2.45, 2.75) is 47.0 Å². The molecule has 0 spiro atoms. The molecule has 0 radical (unpaired) electrons. The van der Waals surface area contributed by atoms with E-state index in [4.69, 9.17) is 0 Å². The van der Waals surface area contributed by atoms with Crippen LogP contribution in [0.2, 0.25) is 0 Å². The largest absolute Gasteiger partial charge is 1.00 e. The van der Waals surface area contributed by atoms with Gasteiger partial charge in [-0.25, -0.2) is 0 Å². The maximum Gasteiger partial charge on any atom is -1.00 e. The Hall–Kier alpha value is 0.423. The molecule has 0 saturated heterocycles. The molecule has 0 amide bonds. The summed E-state index contributed by atoms with van der Waals surface area (Å²) in [4.78, 5) is 0. The molecular weight excluding hydrogens is 366 g/mol. The number of allylic oxidation sites excluding steroid dienone is 8. The van der Waals surface area contributed by atoms with E-state index >= 15 is 0 Å². The van der Waals surface area contributed by atoms with E-state index in [1.807, 2.05) is 6.56 Å². The Morgan fingerprint density at radius 2 is 1.20 bits per heavy atom. The van der Waals surface area contributed by atoms with Crippen LogP contribution in [0.15, 0.2) is 42.0 Å². The van der Waals surface area contributed by atoms with Gasteiger partial charge in [0, 0.05) is 0 Å². The summed E-state index contributed by atoms with van der Waals surface area (Å²) in [5.41, 5.74) is 4.09. The van der Waals surface area contributed by atoms with E-state index in [0.717, 1.165) is 0 Å². The van der Waals surface area contributed by atoms with E-state index in [2.05, 4.69) is 52.0 Å². The summed E-state index contributed by atoms with van der Waals surface area (Å²) < 4.78 is 3.69. The second-order valence-electron chi connectivity index (χ2n) is 7.07. The fourth-order valence-electron chi connectivity index (χ4n) is 3.99. The van der Waals surface area contributed by atoms with Crippen LogP contribution in [0.3, 0.4) is 0 Å². The molecule has 1 aliphatic heterocycles. The van der Waals surface area contributed by atoms with Crippen molar-refractivity contribution < 1.29 is 48.0 Å². The summed E-state index contributed by atoms with van der Waals surface area (Å²) in [5, 5.41) is 0. The molecule has 0 aromatic heterocycles. The summed E-state index contributed by atoms with van der Waals surface area (Å²) >= 11 is -0.507. The maximum absolute atomic E-state index is 2.45. The zero-order chi connectivity index (χ0) is 13.0. The van der Waals surface area contributed by atoms with Gasteiger partial charge in [0.15, 0.2) is 0 Å². The van der Waals surface area contributed by atoms with Gasteiger partial charge >= 0.3 is 123 Å². The maximum atomic E-state index is 2.45. The van der Waals surface area contributed by atoms with Gasteiger partial charge in [-0.05, 0) is 0 Å². The number of halogens is 2. The Labute approximate surface area is 147 Å². The molecule has 2 aliphatic carbocycles. The molecule has 0 aromatic carbocycles. The second kappa shape index (κ2) is 6.27. The van der Waals surface area contributed by atoms with Crippen LogP contribution in [0, 0.1) is 10.8 Å². The quantitative estimate of drug-likeness (QED) is 0.498. The smallest absolute Gasteiger partial charge is 1.00 e. The Kier molecular flexibility index (Phi) is 5.79. The summed E-state index contributed by atoms with van der Waals surface area (Å²) in [5.74, 6) is 0. The van der Waals surface area contributed by atoms with Crippen LogP contribution in [0.1, 0.15) is 47.0 Å². The fourth-order valence-corrected chi connectivity index (χ4v) is 8.70. The van der Waals surface area contributed by atoms with Crippen molar-refractivity contribution in [3.8, 4) is 0 Å². The van der Waals surface area contributed by atoms with Crippen LogP contribution in [-0.2, 0) is 23.2 Å². The summed E-state index contributed by atoms with van der Waals surface area (Å²) in [6.07, 6.45) is 13.4. The first-order valence-electron chi connectivity index (χ1n) is 6.97. The second-order valence-corrected chi connectivity index (χ2v) is 10.6. The Bertz CT molecular complexity index is 473. The molecule has 3 heteroatoms. The molecule has 0 unspecified atom stereocenters. The zero-order valence-corrected chi connectivity index (χ0v) is 16.7. The number of rotatable bonds is 0. The average molecular weight is 388 g/mol. The molecule has 0 fully saturated rings. The van der Waals surface area contributed by atoms with E-state index in [9.17, 15) is 0 Å². The number of hydrogen-bond acceptors (Lipinski definition) is 0. The summed E-state index contributed by atoms with van der Waals surface area (Å²) in [6.45, 7) is 9.79. The molecule has 0 atom stereocenters. The Morgan fingerprint density at radius 1 is 0.800 bits per heavy atom. The van der Waals surface area contributed by atoms with E-state index in [1.165, 1.54) is 19.3 Å². The Morgan fingerprint density at radius 3 is 1.60 bits per heavy atom. The topological polar surface area (TPSA) is 0 Å². The van der Waals surface area contributed by atoms with Crippen molar-refractivity contribution in [3.05, 3.63) is 42.0 Å². The van der Waals surface area contributed by atoms with Gasteiger partial charge in [-0.15, -0.1) is 0 Å². The van der Waals surface area contributed by atoms with Gasteiger partial charge in [0.25, 0.3) is 0 Å². The molecular formula is C17H22Cl2Zr. The van der Waals surface area contributed by atoms with Gasteiger partial charge in [0.05, 0.1) is 0 Å². The van der Waals surface area contributed by atoms with Gasteiger partial charge in [-0.1, -0.05) is 0 Å². The molecule has 0 N–H and O–H groups in total. The first kappa shape index (κ1) is 18.5. The van der Waals surface area contributed by atoms with E-state index in [1.54, 1.807) is 11.1 Å². The molecule has 3 rings (SSSR count). The summed E-state index contributed by atoms with van der Waals surface area (Å²) in [7, 11) is 0. The van der Waals surface area contributed by atoms with Crippen molar-refractivity contribution in [1.29, 1.82) is 0 Å². The van der Waals surface area contributed by atoms with Crippen LogP contribution in [-0.4, -0.2) is 0 Å². The van der Waals surface area contributed by atoms with Gasteiger partial charge < -0.3 is 24.8 Å². The fraction of sp³-hybridized carbons (Fsp3) is 0.529. The molecule has 0 nitrogen and oxygen atoms in total. The molecule has 0 bridgehead atoms. The van der Waals surface area contributed by atoms with Crippen molar-refractivity contribution in [2.24, 2.45) is 10.8 Å². The van der Waals surface area contributed by atoms with Crippen molar-refractivity contribution in [1.82, 2.24) is 0 Å². The van der Waals surface area contributed by atoms with Gasteiger partial charge in [-0.3, -0.25) is 0 Å². The predicted octanol–water partition coefficient (Wildman–Crippen LogP) is -1.04. The molecule has 0 saturated carbocycles. The van der Waals surface area contributed by atoms with Crippen LogP contribution >= 0.6 is 0 Å². The predicted molar refractivity (Wildman–Crippen MR) is 73.7 cm³/mol. The third-order valence-corrected chi connectivity index (χ3v) is 8.32. The van der Waals surface area contributed by atoms with Crippen LogP contribution < -0.4 is 24.8 Å². The van der Waals surface area contributed by atoms with Gasteiger partial charge in [0.2, 0.25) is 0 Å². The minimum Gasteiger partial charge on any atom is -1.00 e. The molecule has 1 heterocycles.